The van der Waals surface area contributed by atoms with Crippen LogP contribution in [0.2, 0.25) is 5.02 Å². The smallest absolute Gasteiger partial charge is 0.335 e. The van der Waals surface area contributed by atoms with Gasteiger partial charge in [-0.15, -0.1) is 0 Å². The van der Waals surface area contributed by atoms with E-state index in [1.165, 1.54) is 12.1 Å². The summed E-state index contributed by atoms with van der Waals surface area (Å²) in [5, 5.41) is 27.6. The van der Waals surface area contributed by atoms with Gasteiger partial charge in [0.25, 0.3) is 0 Å². The number of aliphatic hydroxyl groups is 2. The highest BCUT2D eigenvalue weighted by atomic mass is 35.5. The lowest BCUT2D eigenvalue weighted by molar-refractivity contribution is 0.0572. The maximum atomic E-state index is 12.3. The lowest BCUT2D eigenvalue weighted by Crippen LogP contribution is -2.30. The van der Waals surface area contributed by atoms with Crippen molar-refractivity contribution < 1.29 is 28.5 Å². The Morgan fingerprint density at radius 3 is 2.30 bits per heavy atom. The Kier molecular flexibility index (Phi) is 4.03. The Bertz CT molecular complexity index is 636. The first-order valence-electron chi connectivity index (χ1n) is 5.62. The number of aliphatic hydroxyl groups excluding tert-OH is 2. The van der Waals surface area contributed by atoms with E-state index in [4.69, 9.17) is 16.7 Å². The number of aromatic carboxylic acids is 1. The van der Waals surface area contributed by atoms with Gasteiger partial charge in [0.2, 0.25) is 10.0 Å². The van der Waals surface area contributed by atoms with Crippen LogP contribution in [0.3, 0.4) is 0 Å². The molecule has 110 valence electrons. The first-order chi connectivity index (χ1) is 9.23. The van der Waals surface area contributed by atoms with Gasteiger partial charge in [-0.2, -0.15) is 4.31 Å². The summed E-state index contributed by atoms with van der Waals surface area (Å²) in [5.74, 6) is -1.28. The summed E-state index contributed by atoms with van der Waals surface area (Å²) in [7, 11) is -4.07. The topological polar surface area (TPSA) is 115 Å². The van der Waals surface area contributed by atoms with Gasteiger partial charge in [0.15, 0.2) is 0 Å². The maximum Gasteiger partial charge on any atom is 0.335 e. The molecule has 1 aromatic carbocycles. The molecular formula is C11H12ClNO6S. The van der Waals surface area contributed by atoms with Gasteiger partial charge in [-0.25, -0.2) is 13.2 Å². The van der Waals surface area contributed by atoms with Crippen molar-refractivity contribution in [1.82, 2.24) is 4.31 Å². The summed E-state index contributed by atoms with van der Waals surface area (Å²) in [6.07, 6.45) is -2.35. The molecule has 20 heavy (non-hydrogen) atoms. The number of sulfonamides is 1. The van der Waals surface area contributed by atoms with Crippen LogP contribution < -0.4 is 0 Å². The van der Waals surface area contributed by atoms with E-state index in [1.807, 2.05) is 0 Å². The quantitative estimate of drug-likeness (QED) is 0.708. The van der Waals surface area contributed by atoms with Crippen molar-refractivity contribution in [2.45, 2.75) is 17.1 Å². The number of carboxylic acids is 1. The van der Waals surface area contributed by atoms with E-state index in [0.717, 1.165) is 10.4 Å². The molecule has 1 aliphatic rings. The minimum Gasteiger partial charge on any atom is -0.478 e. The number of halogens is 1. The van der Waals surface area contributed by atoms with Crippen LogP contribution >= 0.6 is 11.6 Å². The summed E-state index contributed by atoms with van der Waals surface area (Å²) < 4.78 is 25.6. The van der Waals surface area contributed by atoms with Gasteiger partial charge < -0.3 is 15.3 Å². The van der Waals surface area contributed by atoms with Crippen LogP contribution in [-0.2, 0) is 10.0 Å². The number of carboxylic acid groups (broad SMARTS) is 1. The standard InChI is InChI=1S/C11H12ClNO6S/c12-7-2-1-6(11(16)17)3-10(7)20(18,19)13-4-8(14)9(15)5-13/h1-3,8-9,14-15H,4-5H2,(H,16,17). The van der Waals surface area contributed by atoms with E-state index in [0.29, 0.717) is 0 Å². The van der Waals surface area contributed by atoms with Crippen molar-refractivity contribution in [2.24, 2.45) is 0 Å². The van der Waals surface area contributed by atoms with E-state index >= 15 is 0 Å². The predicted octanol–water partition coefficient (Wildman–Crippen LogP) is -0.236. The van der Waals surface area contributed by atoms with Gasteiger partial charge in [0, 0.05) is 13.1 Å². The van der Waals surface area contributed by atoms with E-state index in [9.17, 15) is 23.4 Å². The number of carbonyl (C=O) groups is 1. The van der Waals surface area contributed by atoms with Gasteiger partial charge in [0.05, 0.1) is 22.8 Å². The van der Waals surface area contributed by atoms with Gasteiger partial charge in [0.1, 0.15) is 4.90 Å². The monoisotopic (exact) mass is 321 g/mol. The number of hydrogen-bond donors (Lipinski definition) is 3. The fraction of sp³-hybridized carbons (Fsp3) is 0.364. The van der Waals surface area contributed by atoms with Crippen LogP contribution in [0.4, 0.5) is 0 Å². The van der Waals surface area contributed by atoms with Gasteiger partial charge in [-0.1, -0.05) is 11.6 Å². The number of nitrogens with zero attached hydrogens (tertiary/aromatic N) is 1. The highest BCUT2D eigenvalue weighted by Crippen LogP contribution is 2.28. The van der Waals surface area contributed by atoms with E-state index in [-0.39, 0.29) is 28.6 Å². The highest BCUT2D eigenvalue weighted by Gasteiger charge is 2.38. The lowest BCUT2D eigenvalue weighted by Gasteiger charge is -2.16. The molecule has 7 nitrogen and oxygen atoms in total. The van der Waals surface area contributed by atoms with Gasteiger partial charge in [-0.3, -0.25) is 0 Å². The first kappa shape index (κ1) is 15.2. The second kappa shape index (κ2) is 5.30. The molecule has 1 aliphatic heterocycles. The molecule has 3 N–H and O–H groups in total. The molecule has 2 atom stereocenters. The fourth-order valence-corrected chi connectivity index (χ4v) is 3.88. The number of benzene rings is 1. The summed E-state index contributed by atoms with van der Waals surface area (Å²) in [6, 6.07) is 3.33. The second-order valence-electron chi connectivity index (χ2n) is 4.41. The molecule has 0 aliphatic carbocycles. The molecule has 9 heteroatoms. The molecule has 2 unspecified atom stereocenters. The molecule has 0 aromatic heterocycles. The fourth-order valence-electron chi connectivity index (χ4n) is 1.90. The average Bonchev–Trinajstić information content (AvgIpc) is 2.70. The summed E-state index contributed by atoms with van der Waals surface area (Å²) in [4.78, 5) is 10.5. The van der Waals surface area contributed by atoms with E-state index < -0.39 is 28.2 Å². The zero-order chi connectivity index (χ0) is 15.1. The van der Waals surface area contributed by atoms with Crippen molar-refractivity contribution >= 4 is 27.6 Å². The molecule has 0 amide bonds. The molecule has 0 saturated carbocycles. The minimum absolute atomic E-state index is 0.120. The number of rotatable bonds is 3. The average molecular weight is 322 g/mol. The Morgan fingerprint density at radius 2 is 1.80 bits per heavy atom. The SMILES string of the molecule is O=C(O)c1ccc(Cl)c(S(=O)(=O)N2CC(O)C(O)C2)c1. The molecule has 0 radical (unpaired) electrons. The van der Waals surface area contributed by atoms with Crippen molar-refractivity contribution in [3.63, 3.8) is 0 Å². The van der Waals surface area contributed by atoms with Crippen molar-refractivity contribution in [3.05, 3.63) is 28.8 Å². The number of hydrogen-bond acceptors (Lipinski definition) is 5. The first-order valence-corrected chi connectivity index (χ1v) is 7.44. The Balaban J connectivity index is 2.44. The normalized spacial score (nSPS) is 23.9. The predicted molar refractivity (Wildman–Crippen MR) is 69.2 cm³/mol. The van der Waals surface area contributed by atoms with Crippen molar-refractivity contribution in [1.29, 1.82) is 0 Å². The molecule has 2 rings (SSSR count). The Hall–Kier alpha value is -1.19. The van der Waals surface area contributed by atoms with E-state index in [2.05, 4.69) is 0 Å². The molecule has 1 saturated heterocycles. The molecule has 1 fully saturated rings. The molecule has 0 bridgehead atoms. The summed E-state index contributed by atoms with van der Waals surface area (Å²) >= 11 is 5.81. The highest BCUT2D eigenvalue weighted by molar-refractivity contribution is 7.89. The largest absolute Gasteiger partial charge is 0.478 e. The summed E-state index contributed by atoms with van der Waals surface area (Å²) in [5.41, 5.74) is -0.215. The molecular weight excluding hydrogens is 310 g/mol. The van der Waals surface area contributed by atoms with Crippen molar-refractivity contribution in [2.75, 3.05) is 13.1 Å². The molecule has 1 aromatic rings. The third-order valence-corrected chi connectivity index (χ3v) is 5.33. The van der Waals surface area contributed by atoms with Crippen LogP contribution in [-0.4, -0.2) is 59.3 Å². The van der Waals surface area contributed by atoms with E-state index in [1.54, 1.807) is 0 Å². The lowest BCUT2D eigenvalue weighted by atomic mass is 10.2. The minimum atomic E-state index is -4.07. The maximum absolute atomic E-state index is 12.3. The van der Waals surface area contributed by atoms with Gasteiger partial charge in [-0.05, 0) is 18.2 Å². The van der Waals surface area contributed by atoms with Gasteiger partial charge >= 0.3 is 5.97 Å². The van der Waals surface area contributed by atoms with Crippen LogP contribution in [0.25, 0.3) is 0 Å². The summed E-state index contributed by atoms with van der Waals surface area (Å²) in [6.45, 7) is -0.533. The van der Waals surface area contributed by atoms with Crippen molar-refractivity contribution in [3.8, 4) is 0 Å². The van der Waals surface area contributed by atoms with Crippen LogP contribution in [0, 0.1) is 0 Å². The van der Waals surface area contributed by atoms with Crippen LogP contribution in [0.1, 0.15) is 10.4 Å². The zero-order valence-electron chi connectivity index (χ0n) is 10.1. The Labute approximate surface area is 120 Å². The Morgan fingerprint density at radius 1 is 1.25 bits per heavy atom. The van der Waals surface area contributed by atoms with Crippen LogP contribution in [0.15, 0.2) is 23.1 Å². The molecule has 0 spiro atoms. The van der Waals surface area contributed by atoms with Crippen LogP contribution in [0.5, 0.6) is 0 Å². The zero-order valence-corrected chi connectivity index (χ0v) is 11.7. The second-order valence-corrected chi connectivity index (χ2v) is 6.72. The molecule has 1 heterocycles. The third kappa shape index (κ3) is 2.65. The third-order valence-electron chi connectivity index (χ3n) is 3.02. The number of β-amino-alcohol motifs (C(OH)–C–C–N with tert-alkyl or cyclic N) is 2.